The van der Waals surface area contributed by atoms with E-state index < -0.39 is 21.7 Å². The molecule has 1 unspecified atom stereocenters. The Morgan fingerprint density at radius 3 is 2.47 bits per heavy atom. The number of benzene rings is 2. The Morgan fingerprint density at radius 1 is 1.19 bits per heavy atom. The van der Waals surface area contributed by atoms with Crippen LogP contribution in [-0.2, 0) is 14.8 Å². The molecule has 0 bridgehead atoms. The van der Waals surface area contributed by atoms with E-state index in [1.165, 1.54) is 44.2 Å². The van der Waals surface area contributed by atoms with Crippen molar-refractivity contribution in [3.63, 3.8) is 0 Å². The van der Waals surface area contributed by atoms with E-state index in [4.69, 9.17) is 11.6 Å². The molecule has 12 heteroatoms. The molecule has 0 spiro atoms. The smallest absolute Gasteiger partial charge is 0.280 e. The van der Waals surface area contributed by atoms with Crippen LogP contribution in [0.5, 0.6) is 0 Å². The van der Waals surface area contributed by atoms with Crippen LogP contribution in [0.25, 0.3) is 10.9 Å². The molecule has 3 rings (SSSR count). The van der Waals surface area contributed by atoms with Gasteiger partial charge in [0.1, 0.15) is 5.82 Å². The summed E-state index contributed by atoms with van der Waals surface area (Å²) < 4.78 is 26.5. The number of hydrogen-bond donors (Lipinski definition) is 4. The number of rotatable bonds is 8. The molecular formula is C20H22ClN5O5S. The molecule has 170 valence electrons. The highest BCUT2D eigenvalue weighted by atomic mass is 35.5. The number of sulfonamides is 1. The van der Waals surface area contributed by atoms with E-state index in [0.29, 0.717) is 16.9 Å². The van der Waals surface area contributed by atoms with Crippen molar-refractivity contribution in [1.82, 2.24) is 9.66 Å². The number of aliphatic hydroxyl groups excluding tert-OH is 1. The first kappa shape index (κ1) is 23.5. The van der Waals surface area contributed by atoms with E-state index in [9.17, 15) is 23.1 Å². The van der Waals surface area contributed by atoms with Crippen LogP contribution >= 0.6 is 11.6 Å². The molecule has 0 fully saturated rings. The van der Waals surface area contributed by atoms with Crippen molar-refractivity contribution in [2.45, 2.75) is 24.8 Å². The summed E-state index contributed by atoms with van der Waals surface area (Å²) in [4.78, 5) is 30.6. The summed E-state index contributed by atoms with van der Waals surface area (Å²) in [5.41, 5.74) is 0.780. The molecular weight excluding hydrogens is 458 g/mol. The second-order valence-electron chi connectivity index (χ2n) is 7.02. The van der Waals surface area contributed by atoms with Crippen LogP contribution in [0.3, 0.4) is 0 Å². The summed E-state index contributed by atoms with van der Waals surface area (Å²) in [5.74, 6) is -0.0739. The highest BCUT2D eigenvalue weighted by Crippen LogP contribution is 2.17. The van der Waals surface area contributed by atoms with Gasteiger partial charge in [0.25, 0.3) is 15.6 Å². The fraction of sp³-hybridized carbons (Fsp3) is 0.250. The Kier molecular flexibility index (Phi) is 7.02. The number of aromatic nitrogens is 2. The number of carbonyl (C=O) groups excluding carboxylic acids is 1. The fourth-order valence-corrected chi connectivity index (χ4v) is 4.06. The number of hydrogen-bond acceptors (Lipinski definition) is 7. The van der Waals surface area contributed by atoms with Crippen molar-refractivity contribution in [2.75, 3.05) is 27.9 Å². The van der Waals surface area contributed by atoms with Crippen LogP contribution in [0, 0.1) is 6.92 Å². The lowest BCUT2D eigenvalue weighted by atomic mass is 10.2. The van der Waals surface area contributed by atoms with E-state index >= 15 is 0 Å². The van der Waals surface area contributed by atoms with Crippen LogP contribution in [-0.4, -0.2) is 47.6 Å². The zero-order chi connectivity index (χ0) is 23.5. The normalized spacial score (nSPS) is 12.4. The van der Waals surface area contributed by atoms with E-state index in [2.05, 4.69) is 20.4 Å². The Hall–Kier alpha value is -3.15. The van der Waals surface area contributed by atoms with Crippen LogP contribution < -0.4 is 21.0 Å². The monoisotopic (exact) mass is 479 g/mol. The largest absolute Gasteiger partial charge is 0.390 e. The predicted octanol–water partition coefficient (Wildman–Crippen LogP) is 1.61. The third-order valence-corrected chi connectivity index (χ3v) is 6.12. The highest BCUT2D eigenvalue weighted by molar-refractivity contribution is 7.92. The van der Waals surface area contributed by atoms with Gasteiger partial charge in [-0.25, -0.2) is 9.82 Å². The minimum absolute atomic E-state index is 0.0573. The molecule has 10 nitrogen and oxygen atoms in total. The standard InChI is InChI=1S/C20H22ClN5O5S/c1-12-23-19-8-5-15(22-11-16(28)10-21)9-18(19)20(29)26(12)25-32(30,31)17-6-3-14(4-7-17)24-13(2)27/h3-9,16,22,25,28H,10-11H2,1-2H3,(H,24,27). The lowest BCUT2D eigenvalue weighted by molar-refractivity contribution is -0.114. The van der Waals surface area contributed by atoms with Crippen molar-refractivity contribution in [3.05, 3.63) is 58.6 Å². The summed E-state index contributed by atoms with van der Waals surface area (Å²) in [6.07, 6.45) is -0.760. The second kappa shape index (κ2) is 9.55. The molecule has 0 saturated carbocycles. The van der Waals surface area contributed by atoms with Gasteiger partial charge in [-0.1, -0.05) is 0 Å². The van der Waals surface area contributed by atoms with E-state index in [1.54, 1.807) is 12.1 Å². The first-order chi connectivity index (χ1) is 15.1. The number of nitrogens with zero attached hydrogens (tertiary/aromatic N) is 2. The number of carbonyl (C=O) groups is 1. The molecule has 3 aromatic rings. The first-order valence-electron chi connectivity index (χ1n) is 9.52. The summed E-state index contributed by atoms with van der Waals surface area (Å²) >= 11 is 5.58. The fourth-order valence-electron chi connectivity index (χ4n) is 2.90. The predicted molar refractivity (Wildman–Crippen MR) is 123 cm³/mol. The molecule has 0 aliphatic carbocycles. The molecule has 1 heterocycles. The third-order valence-electron chi connectivity index (χ3n) is 4.45. The molecule has 1 aromatic heterocycles. The van der Waals surface area contributed by atoms with Crippen LogP contribution in [0.15, 0.2) is 52.2 Å². The van der Waals surface area contributed by atoms with Crippen LogP contribution in [0.4, 0.5) is 11.4 Å². The lowest BCUT2D eigenvalue weighted by Crippen LogP contribution is -2.35. The molecule has 4 N–H and O–H groups in total. The van der Waals surface area contributed by atoms with Gasteiger partial charge < -0.3 is 15.7 Å². The van der Waals surface area contributed by atoms with Crippen LogP contribution in [0.2, 0.25) is 0 Å². The van der Waals surface area contributed by atoms with Crippen molar-refractivity contribution >= 4 is 49.8 Å². The quantitative estimate of drug-likeness (QED) is 0.359. The van der Waals surface area contributed by atoms with Crippen molar-refractivity contribution in [2.24, 2.45) is 0 Å². The summed E-state index contributed by atoms with van der Waals surface area (Å²) in [7, 11) is -4.11. The van der Waals surface area contributed by atoms with Crippen molar-refractivity contribution in [1.29, 1.82) is 0 Å². The molecule has 1 amide bonds. The Labute approximate surface area is 189 Å². The Balaban J connectivity index is 1.93. The van der Waals surface area contributed by atoms with Crippen molar-refractivity contribution in [3.8, 4) is 0 Å². The molecule has 0 saturated heterocycles. The van der Waals surface area contributed by atoms with E-state index in [1.807, 2.05) is 0 Å². The van der Waals surface area contributed by atoms with E-state index in [0.717, 1.165) is 4.68 Å². The topological polar surface area (TPSA) is 142 Å². The van der Waals surface area contributed by atoms with Crippen LogP contribution in [0.1, 0.15) is 12.7 Å². The lowest BCUT2D eigenvalue weighted by Gasteiger charge is -2.15. The van der Waals surface area contributed by atoms with Gasteiger partial charge in [0.15, 0.2) is 0 Å². The number of amides is 1. The molecule has 2 aromatic carbocycles. The SMILES string of the molecule is CC(=O)Nc1ccc(S(=O)(=O)Nn2c(C)nc3ccc(NCC(O)CCl)cc3c2=O)cc1. The van der Waals surface area contributed by atoms with Gasteiger partial charge in [0.2, 0.25) is 5.91 Å². The maximum atomic E-state index is 13.0. The number of anilines is 2. The number of nitrogens with one attached hydrogen (secondary N) is 3. The number of fused-ring (bicyclic) bond motifs is 1. The maximum absolute atomic E-state index is 13.0. The molecule has 1 atom stereocenters. The minimum atomic E-state index is -4.11. The van der Waals surface area contributed by atoms with Gasteiger partial charge in [0, 0.05) is 24.8 Å². The van der Waals surface area contributed by atoms with E-state index in [-0.39, 0.29) is 34.4 Å². The zero-order valence-electron chi connectivity index (χ0n) is 17.3. The third kappa shape index (κ3) is 5.36. The van der Waals surface area contributed by atoms with Gasteiger partial charge in [-0.05, 0) is 49.4 Å². The zero-order valence-corrected chi connectivity index (χ0v) is 18.9. The van der Waals surface area contributed by atoms with Gasteiger partial charge in [-0.2, -0.15) is 13.1 Å². The minimum Gasteiger partial charge on any atom is -0.390 e. The van der Waals surface area contributed by atoms with Gasteiger partial charge in [-0.15, -0.1) is 11.6 Å². The first-order valence-corrected chi connectivity index (χ1v) is 11.5. The number of aliphatic hydroxyl groups is 1. The van der Waals surface area contributed by atoms with Crippen molar-refractivity contribution < 1.29 is 18.3 Å². The average Bonchev–Trinajstić information content (AvgIpc) is 2.75. The van der Waals surface area contributed by atoms with Gasteiger partial charge in [-0.3, -0.25) is 9.59 Å². The summed E-state index contributed by atoms with van der Waals surface area (Å²) in [6, 6.07) is 10.4. The number of alkyl halides is 1. The number of aryl methyl sites for hydroxylation is 1. The van der Waals surface area contributed by atoms with Gasteiger partial charge in [0.05, 0.1) is 27.8 Å². The van der Waals surface area contributed by atoms with Gasteiger partial charge >= 0.3 is 0 Å². The second-order valence-corrected chi connectivity index (χ2v) is 8.99. The summed E-state index contributed by atoms with van der Waals surface area (Å²) in [5, 5.41) is 15.3. The molecule has 0 aliphatic heterocycles. The Morgan fingerprint density at radius 2 is 1.84 bits per heavy atom. The molecule has 0 aliphatic rings. The Bertz CT molecular complexity index is 1310. The maximum Gasteiger partial charge on any atom is 0.280 e. The highest BCUT2D eigenvalue weighted by Gasteiger charge is 2.18. The average molecular weight is 480 g/mol. The molecule has 32 heavy (non-hydrogen) atoms. The number of halogens is 1. The molecule has 0 radical (unpaired) electrons. The summed E-state index contributed by atoms with van der Waals surface area (Å²) in [6.45, 7) is 3.03.